The summed E-state index contributed by atoms with van der Waals surface area (Å²) in [5.74, 6) is -1.94. The van der Waals surface area contributed by atoms with Crippen LogP contribution < -0.4 is 5.32 Å². The standard InChI is InChI=1S/C18H10ClF4N7O/c19-13-7-11(4-5-14(13)29-9-24-8-25-29)26-17(31)15-16(18(21,22)23)30(28-27-15)12-3-1-2-10(20)6-12/h1-9H,(H,26,31). The molecule has 8 nitrogen and oxygen atoms in total. The lowest BCUT2D eigenvalue weighted by Gasteiger charge is -2.12. The lowest BCUT2D eigenvalue weighted by molar-refractivity contribution is -0.143. The summed E-state index contributed by atoms with van der Waals surface area (Å²) in [4.78, 5) is 16.3. The first-order valence-corrected chi connectivity index (χ1v) is 8.86. The van der Waals surface area contributed by atoms with Crippen LogP contribution in [0.25, 0.3) is 11.4 Å². The molecule has 2 heterocycles. The van der Waals surface area contributed by atoms with Crippen LogP contribution in [-0.2, 0) is 6.18 Å². The largest absolute Gasteiger partial charge is 0.435 e. The number of rotatable bonds is 4. The fraction of sp³-hybridized carbons (Fsp3) is 0.0556. The van der Waals surface area contributed by atoms with Gasteiger partial charge in [0.1, 0.15) is 18.5 Å². The van der Waals surface area contributed by atoms with E-state index < -0.39 is 29.3 Å². The van der Waals surface area contributed by atoms with Crippen molar-refractivity contribution in [3.63, 3.8) is 0 Å². The van der Waals surface area contributed by atoms with E-state index in [4.69, 9.17) is 11.6 Å². The minimum absolute atomic E-state index is 0.118. The SMILES string of the molecule is O=C(Nc1ccc(-n2cncn2)c(Cl)c1)c1nnn(-c2cccc(F)c2)c1C(F)(F)F. The Morgan fingerprint density at radius 3 is 2.58 bits per heavy atom. The first-order chi connectivity index (χ1) is 14.7. The Hall–Kier alpha value is -3.80. The van der Waals surface area contributed by atoms with Gasteiger partial charge in [0, 0.05) is 5.69 Å². The van der Waals surface area contributed by atoms with Gasteiger partial charge in [-0.25, -0.2) is 18.7 Å². The zero-order valence-electron chi connectivity index (χ0n) is 15.2. The Kier molecular flexibility index (Phi) is 5.15. The molecule has 0 unspecified atom stereocenters. The fourth-order valence-electron chi connectivity index (χ4n) is 2.77. The molecule has 0 saturated heterocycles. The molecule has 13 heteroatoms. The minimum atomic E-state index is -4.99. The Balaban J connectivity index is 1.67. The number of hydrogen-bond donors (Lipinski definition) is 1. The smallest absolute Gasteiger partial charge is 0.320 e. The van der Waals surface area contributed by atoms with E-state index in [1.54, 1.807) is 0 Å². The normalized spacial score (nSPS) is 11.5. The van der Waals surface area contributed by atoms with Crippen LogP contribution in [0.3, 0.4) is 0 Å². The van der Waals surface area contributed by atoms with Crippen LogP contribution in [-0.4, -0.2) is 35.7 Å². The average Bonchev–Trinajstić information content (AvgIpc) is 3.38. The molecule has 0 aliphatic heterocycles. The maximum atomic E-state index is 13.7. The maximum Gasteiger partial charge on any atom is 0.435 e. The van der Waals surface area contributed by atoms with Gasteiger partial charge in [-0.3, -0.25) is 4.79 Å². The Morgan fingerprint density at radius 2 is 1.94 bits per heavy atom. The first-order valence-electron chi connectivity index (χ1n) is 8.49. The highest BCUT2D eigenvalue weighted by Gasteiger charge is 2.42. The number of amides is 1. The van der Waals surface area contributed by atoms with Crippen molar-refractivity contribution < 1.29 is 22.4 Å². The Morgan fingerprint density at radius 1 is 1.13 bits per heavy atom. The number of alkyl halides is 3. The highest BCUT2D eigenvalue weighted by Crippen LogP contribution is 2.33. The molecule has 0 saturated carbocycles. The Labute approximate surface area is 176 Å². The lowest BCUT2D eigenvalue weighted by Crippen LogP contribution is -2.21. The van der Waals surface area contributed by atoms with Gasteiger partial charge in [0.05, 0.1) is 16.4 Å². The summed E-state index contributed by atoms with van der Waals surface area (Å²) in [5.41, 5.74) is -2.09. The molecule has 0 aliphatic rings. The molecule has 4 rings (SSSR count). The van der Waals surface area contributed by atoms with E-state index in [2.05, 4.69) is 25.7 Å². The number of hydrogen-bond acceptors (Lipinski definition) is 5. The van der Waals surface area contributed by atoms with Gasteiger partial charge in [-0.15, -0.1) is 5.10 Å². The number of halogens is 5. The minimum Gasteiger partial charge on any atom is -0.320 e. The Bertz CT molecular complexity index is 1250. The average molecular weight is 452 g/mol. The first kappa shape index (κ1) is 20.5. The number of carbonyl (C=O) groups excluding carboxylic acids is 1. The number of carbonyl (C=O) groups is 1. The fourth-order valence-corrected chi connectivity index (χ4v) is 3.04. The number of nitrogens with one attached hydrogen (secondary N) is 1. The lowest BCUT2D eigenvalue weighted by atomic mass is 10.2. The molecule has 0 fully saturated rings. The second-order valence-electron chi connectivity index (χ2n) is 6.14. The third kappa shape index (κ3) is 4.10. The monoisotopic (exact) mass is 451 g/mol. The van der Waals surface area contributed by atoms with Crippen molar-refractivity contribution in [1.82, 2.24) is 29.8 Å². The molecular weight excluding hydrogens is 442 g/mol. The summed E-state index contributed by atoms with van der Waals surface area (Å²) in [6, 6.07) is 8.58. The summed E-state index contributed by atoms with van der Waals surface area (Å²) in [7, 11) is 0. The number of aromatic nitrogens is 6. The van der Waals surface area contributed by atoms with Crippen molar-refractivity contribution in [3.8, 4) is 11.4 Å². The molecule has 0 bridgehead atoms. The van der Waals surface area contributed by atoms with Gasteiger partial charge in [0.15, 0.2) is 11.4 Å². The van der Waals surface area contributed by atoms with Crippen LogP contribution in [0.1, 0.15) is 16.2 Å². The summed E-state index contributed by atoms with van der Waals surface area (Å²) < 4.78 is 56.3. The zero-order valence-corrected chi connectivity index (χ0v) is 15.9. The van der Waals surface area contributed by atoms with Gasteiger partial charge in [-0.05, 0) is 36.4 Å². The van der Waals surface area contributed by atoms with Crippen molar-refractivity contribution in [2.75, 3.05) is 5.32 Å². The van der Waals surface area contributed by atoms with Crippen molar-refractivity contribution in [3.05, 3.63) is 77.3 Å². The van der Waals surface area contributed by atoms with Crippen LogP contribution in [0, 0.1) is 5.82 Å². The van der Waals surface area contributed by atoms with Crippen molar-refractivity contribution in [2.45, 2.75) is 6.18 Å². The maximum absolute atomic E-state index is 13.7. The summed E-state index contributed by atoms with van der Waals surface area (Å²) >= 11 is 6.17. The quantitative estimate of drug-likeness (QED) is 0.475. The number of benzene rings is 2. The molecule has 0 radical (unpaired) electrons. The molecule has 0 aliphatic carbocycles. The van der Waals surface area contributed by atoms with Crippen LogP contribution in [0.5, 0.6) is 0 Å². The second-order valence-corrected chi connectivity index (χ2v) is 6.54. The van der Waals surface area contributed by atoms with Gasteiger partial charge in [0.25, 0.3) is 5.91 Å². The molecule has 0 spiro atoms. The summed E-state index contributed by atoms with van der Waals surface area (Å²) in [6.45, 7) is 0. The van der Waals surface area contributed by atoms with Crippen molar-refractivity contribution in [2.24, 2.45) is 0 Å². The van der Waals surface area contributed by atoms with Gasteiger partial charge in [-0.1, -0.05) is 22.9 Å². The van der Waals surface area contributed by atoms with Gasteiger partial charge in [-0.2, -0.15) is 18.3 Å². The third-order valence-corrected chi connectivity index (χ3v) is 4.38. The van der Waals surface area contributed by atoms with Crippen LogP contribution in [0.4, 0.5) is 23.2 Å². The topological polar surface area (TPSA) is 90.5 Å². The van der Waals surface area contributed by atoms with E-state index >= 15 is 0 Å². The number of nitrogens with zero attached hydrogens (tertiary/aromatic N) is 6. The van der Waals surface area contributed by atoms with Crippen LogP contribution in [0.15, 0.2) is 55.1 Å². The van der Waals surface area contributed by atoms with Gasteiger partial charge >= 0.3 is 6.18 Å². The molecular formula is C18H10ClF4N7O. The predicted molar refractivity (Wildman–Crippen MR) is 101 cm³/mol. The summed E-state index contributed by atoms with van der Waals surface area (Å²) in [6.07, 6.45) is -2.29. The van der Waals surface area contributed by atoms with E-state index in [9.17, 15) is 22.4 Å². The molecule has 2 aromatic heterocycles. The molecule has 1 amide bonds. The zero-order chi connectivity index (χ0) is 22.2. The van der Waals surface area contributed by atoms with Crippen molar-refractivity contribution >= 4 is 23.2 Å². The molecule has 1 N–H and O–H groups in total. The van der Waals surface area contributed by atoms with E-state index in [-0.39, 0.29) is 16.4 Å². The molecule has 31 heavy (non-hydrogen) atoms. The highest BCUT2D eigenvalue weighted by molar-refractivity contribution is 6.32. The second kappa shape index (κ2) is 7.80. The molecule has 2 aromatic carbocycles. The van der Waals surface area contributed by atoms with Crippen molar-refractivity contribution in [1.29, 1.82) is 0 Å². The number of anilines is 1. The molecule has 4 aromatic rings. The summed E-state index contributed by atoms with van der Waals surface area (Å²) in [5, 5.41) is 13.2. The van der Waals surface area contributed by atoms with Gasteiger partial charge < -0.3 is 5.32 Å². The van der Waals surface area contributed by atoms with Crippen LogP contribution >= 0.6 is 11.6 Å². The van der Waals surface area contributed by atoms with E-state index in [0.717, 1.165) is 12.1 Å². The molecule has 158 valence electrons. The van der Waals surface area contributed by atoms with Crippen LogP contribution in [0.2, 0.25) is 5.02 Å². The van der Waals surface area contributed by atoms with E-state index in [1.807, 2.05) is 0 Å². The highest BCUT2D eigenvalue weighted by atomic mass is 35.5. The third-order valence-electron chi connectivity index (χ3n) is 4.08. The van der Waals surface area contributed by atoms with Gasteiger partial charge in [0.2, 0.25) is 0 Å². The van der Waals surface area contributed by atoms with E-state index in [1.165, 1.54) is 47.7 Å². The van der Waals surface area contributed by atoms with E-state index in [0.29, 0.717) is 10.4 Å². The predicted octanol–water partition coefficient (Wildman–Crippen LogP) is 3.91. The molecule has 0 atom stereocenters.